The average Bonchev–Trinajstić information content (AvgIpc) is 2.67. The molecule has 6 N–H and O–H groups in total. The van der Waals surface area contributed by atoms with E-state index in [9.17, 15) is 9.18 Å². The topological polar surface area (TPSA) is 119 Å². The summed E-state index contributed by atoms with van der Waals surface area (Å²) in [4.78, 5) is 20.3. The second-order valence-electron chi connectivity index (χ2n) is 7.29. The molecule has 0 aliphatic heterocycles. The Bertz CT molecular complexity index is 1020. The molecule has 0 radical (unpaired) electrons. The zero-order chi connectivity index (χ0) is 21.7. The van der Waals surface area contributed by atoms with Crippen LogP contribution in [0.25, 0.3) is 0 Å². The highest BCUT2D eigenvalue weighted by atomic mass is 19.1. The Kier molecular flexibility index (Phi) is 6.58. The first-order valence-electron chi connectivity index (χ1n) is 9.56. The summed E-state index contributed by atoms with van der Waals surface area (Å²) >= 11 is 0. The second kappa shape index (κ2) is 9.32. The summed E-state index contributed by atoms with van der Waals surface area (Å²) in [5.74, 6) is -0.266. The molecule has 0 saturated heterocycles. The maximum Gasteiger partial charge on any atom is 0.254 e. The first kappa shape index (κ1) is 21.2. The number of benzene rings is 2. The van der Waals surface area contributed by atoms with E-state index in [4.69, 9.17) is 11.5 Å². The third kappa shape index (κ3) is 5.74. The van der Waals surface area contributed by atoms with Gasteiger partial charge < -0.3 is 22.1 Å². The number of primary amides is 1. The van der Waals surface area contributed by atoms with Gasteiger partial charge in [-0.1, -0.05) is 18.2 Å². The molecule has 0 aliphatic carbocycles. The zero-order valence-electron chi connectivity index (χ0n) is 16.9. The summed E-state index contributed by atoms with van der Waals surface area (Å²) < 4.78 is 13.0. The maximum absolute atomic E-state index is 13.0. The largest absolute Gasteiger partial charge is 0.365 e. The van der Waals surface area contributed by atoms with Gasteiger partial charge in [0.15, 0.2) is 0 Å². The fourth-order valence-corrected chi connectivity index (χ4v) is 3.14. The van der Waals surface area contributed by atoms with Crippen molar-refractivity contribution < 1.29 is 9.18 Å². The molecule has 7 nitrogen and oxygen atoms in total. The molecule has 0 fully saturated rings. The molecule has 8 heteroatoms. The number of carbonyl (C=O) groups excluding carboxylic acids is 1. The summed E-state index contributed by atoms with van der Waals surface area (Å²) in [5, 5.41) is 6.23. The minimum atomic E-state index is -0.624. The first-order chi connectivity index (χ1) is 14.3. The lowest BCUT2D eigenvalue weighted by Gasteiger charge is -2.15. The Morgan fingerprint density at radius 1 is 1.13 bits per heavy atom. The molecule has 1 heterocycles. The van der Waals surface area contributed by atoms with E-state index in [0.717, 1.165) is 22.4 Å². The lowest BCUT2D eigenvalue weighted by Crippen LogP contribution is -2.31. The Labute approximate surface area is 174 Å². The number of rotatable bonds is 8. The van der Waals surface area contributed by atoms with Gasteiger partial charge in [-0.15, -0.1) is 0 Å². The van der Waals surface area contributed by atoms with Crippen LogP contribution in [0, 0.1) is 19.7 Å². The van der Waals surface area contributed by atoms with Crippen LogP contribution in [-0.2, 0) is 6.42 Å². The Balaban J connectivity index is 1.71. The van der Waals surface area contributed by atoms with Gasteiger partial charge in [-0.05, 0) is 61.2 Å². The highest BCUT2D eigenvalue weighted by molar-refractivity contribution is 5.98. The van der Waals surface area contributed by atoms with E-state index in [2.05, 4.69) is 26.7 Å². The van der Waals surface area contributed by atoms with Crippen molar-refractivity contribution in [1.29, 1.82) is 0 Å². The van der Waals surface area contributed by atoms with Crippen LogP contribution < -0.4 is 22.1 Å². The lowest BCUT2D eigenvalue weighted by molar-refractivity contribution is 0.100. The number of nitrogens with two attached hydrogens (primary N) is 2. The number of nitrogens with one attached hydrogen (secondary N) is 2. The molecule has 0 unspecified atom stereocenters. The van der Waals surface area contributed by atoms with E-state index in [1.807, 2.05) is 26.0 Å². The summed E-state index contributed by atoms with van der Waals surface area (Å²) in [6.07, 6.45) is 1.95. The monoisotopic (exact) mass is 408 g/mol. The smallest absolute Gasteiger partial charge is 0.254 e. The van der Waals surface area contributed by atoms with Crippen molar-refractivity contribution in [3.63, 3.8) is 0 Å². The SMILES string of the molecule is Cc1cc(C)cc(Nc2nc(NC[C@@H](N)Cc3ccc(F)cc3)ncc2C(N)=O)c1. The Morgan fingerprint density at radius 3 is 2.43 bits per heavy atom. The summed E-state index contributed by atoms with van der Waals surface area (Å²) in [7, 11) is 0. The van der Waals surface area contributed by atoms with Gasteiger partial charge in [-0.3, -0.25) is 4.79 Å². The van der Waals surface area contributed by atoms with Crippen molar-refractivity contribution in [3.05, 3.63) is 76.7 Å². The molecule has 0 saturated carbocycles. The minimum absolute atomic E-state index is 0.190. The molecule has 0 spiro atoms. The number of nitrogens with zero attached hydrogens (tertiary/aromatic N) is 2. The van der Waals surface area contributed by atoms with Crippen LogP contribution in [0.4, 0.5) is 21.8 Å². The number of halogens is 1. The molecular weight excluding hydrogens is 383 g/mol. The second-order valence-corrected chi connectivity index (χ2v) is 7.29. The van der Waals surface area contributed by atoms with Crippen LogP contribution in [-0.4, -0.2) is 28.5 Å². The standard InChI is InChI=1S/C22H25FN6O/c1-13-7-14(2)9-18(8-13)28-21-19(20(25)30)12-27-22(29-21)26-11-17(24)10-15-3-5-16(23)6-4-15/h3-9,12,17H,10-11,24H2,1-2H3,(H2,25,30)(H2,26,27,28,29)/t17-/m0/s1. The Hall–Kier alpha value is -3.52. The molecular formula is C22H25FN6O. The van der Waals surface area contributed by atoms with Crippen LogP contribution in [0.3, 0.4) is 0 Å². The number of hydrogen-bond acceptors (Lipinski definition) is 6. The number of amides is 1. The lowest BCUT2D eigenvalue weighted by atomic mass is 10.1. The first-order valence-corrected chi connectivity index (χ1v) is 9.56. The zero-order valence-corrected chi connectivity index (χ0v) is 16.9. The van der Waals surface area contributed by atoms with Crippen molar-refractivity contribution in [2.24, 2.45) is 11.5 Å². The summed E-state index contributed by atoms with van der Waals surface area (Å²) in [5.41, 5.74) is 15.7. The maximum atomic E-state index is 13.0. The highest BCUT2D eigenvalue weighted by Crippen LogP contribution is 2.22. The summed E-state index contributed by atoms with van der Waals surface area (Å²) in [6, 6.07) is 12.0. The molecule has 30 heavy (non-hydrogen) atoms. The van der Waals surface area contributed by atoms with Crippen LogP contribution in [0.1, 0.15) is 27.0 Å². The van der Waals surface area contributed by atoms with E-state index in [-0.39, 0.29) is 17.4 Å². The molecule has 156 valence electrons. The van der Waals surface area contributed by atoms with Crippen molar-refractivity contribution in [3.8, 4) is 0 Å². The summed E-state index contributed by atoms with van der Waals surface area (Å²) in [6.45, 7) is 4.38. The van der Waals surface area contributed by atoms with Gasteiger partial charge in [-0.25, -0.2) is 9.37 Å². The van der Waals surface area contributed by atoms with Crippen molar-refractivity contribution in [2.45, 2.75) is 26.3 Å². The third-order valence-electron chi connectivity index (χ3n) is 4.47. The quantitative estimate of drug-likeness (QED) is 0.455. The van der Waals surface area contributed by atoms with Crippen molar-refractivity contribution in [2.75, 3.05) is 17.2 Å². The molecule has 0 bridgehead atoms. The van der Waals surface area contributed by atoms with Crippen LogP contribution in [0.2, 0.25) is 0 Å². The number of hydrogen-bond donors (Lipinski definition) is 4. The number of aromatic nitrogens is 2. The van der Waals surface area contributed by atoms with Gasteiger partial charge in [0.05, 0.1) is 0 Å². The molecule has 1 atom stereocenters. The van der Waals surface area contributed by atoms with Crippen LogP contribution in [0.15, 0.2) is 48.7 Å². The van der Waals surface area contributed by atoms with Crippen molar-refractivity contribution in [1.82, 2.24) is 9.97 Å². The van der Waals surface area contributed by atoms with Gasteiger partial charge in [0.1, 0.15) is 17.2 Å². The minimum Gasteiger partial charge on any atom is -0.365 e. The van der Waals surface area contributed by atoms with E-state index in [1.165, 1.54) is 18.3 Å². The van der Waals surface area contributed by atoms with Gasteiger partial charge in [-0.2, -0.15) is 4.98 Å². The van der Waals surface area contributed by atoms with Gasteiger partial charge in [0, 0.05) is 24.5 Å². The van der Waals surface area contributed by atoms with Gasteiger partial charge in [0.2, 0.25) is 5.95 Å². The van der Waals surface area contributed by atoms with E-state index < -0.39 is 5.91 Å². The molecule has 1 amide bonds. The number of carbonyl (C=O) groups is 1. The predicted molar refractivity (Wildman–Crippen MR) is 116 cm³/mol. The van der Waals surface area contributed by atoms with E-state index >= 15 is 0 Å². The van der Waals surface area contributed by atoms with Gasteiger partial charge in [0.25, 0.3) is 5.91 Å². The van der Waals surface area contributed by atoms with E-state index in [1.54, 1.807) is 12.1 Å². The highest BCUT2D eigenvalue weighted by Gasteiger charge is 2.14. The number of aryl methyl sites for hydroxylation is 2. The molecule has 3 aromatic rings. The van der Waals surface area contributed by atoms with E-state index in [0.29, 0.717) is 24.7 Å². The van der Waals surface area contributed by atoms with Crippen LogP contribution >= 0.6 is 0 Å². The molecule has 0 aliphatic rings. The molecule has 3 rings (SSSR count). The fourth-order valence-electron chi connectivity index (χ4n) is 3.14. The number of anilines is 3. The third-order valence-corrected chi connectivity index (χ3v) is 4.47. The molecule has 2 aromatic carbocycles. The van der Waals surface area contributed by atoms with Gasteiger partial charge >= 0.3 is 0 Å². The van der Waals surface area contributed by atoms with Crippen molar-refractivity contribution >= 4 is 23.4 Å². The average molecular weight is 408 g/mol. The Morgan fingerprint density at radius 2 is 1.80 bits per heavy atom. The molecule has 1 aromatic heterocycles. The van der Waals surface area contributed by atoms with Crippen LogP contribution in [0.5, 0.6) is 0 Å². The predicted octanol–water partition coefficient (Wildman–Crippen LogP) is 3.06. The fraction of sp³-hybridized carbons (Fsp3) is 0.227. The normalized spacial score (nSPS) is 11.7.